The van der Waals surface area contributed by atoms with Gasteiger partial charge in [0.1, 0.15) is 5.69 Å². The molecule has 0 spiro atoms. The van der Waals surface area contributed by atoms with Crippen molar-refractivity contribution in [3.8, 4) is 0 Å². The van der Waals surface area contributed by atoms with Gasteiger partial charge < -0.3 is 14.5 Å². The predicted molar refractivity (Wildman–Crippen MR) is 120 cm³/mol. The maximum Gasteiger partial charge on any atom is 0.280 e. The van der Waals surface area contributed by atoms with Crippen molar-refractivity contribution in [3.05, 3.63) is 57.3 Å². The van der Waals surface area contributed by atoms with E-state index in [0.29, 0.717) is 25.5 Å². The Morgan fingerprint density at radius 3 is 2.73 bits per heavy atom. The summed E-state index contributed by atoms with van der Waals surface area (Å²) in [6.07, 6.45) is -0.123. The molecule has 174 valence electrons. The summed E-state index contributed by atoms with van der Waals surface area (Å²) in [6.45, 7) is 9.59. The number of hydrogen-bond acceptors (Lipinski definition) is 7. The lowest BCUT2D eigenvalue weighted by atomic mass is 10.0. The molecule has 0 radical (unpaired) electrons. The number of aryl methyl sites for hydroxylation is 1. The van der Waals surface area contributed by atoms with Gasteiger partial charge in [-0.1, -0.05) is 0 Å². The Hall–Kier alpha value is -3.14. The van der Waals surface area contributed by atoms with E-state index in [2.05, 4.69) is 39.8 Å². The number of fused-ring (bicyclic) bond motifs is 2. The molecule has 1 saturated heterocycles. The van der Waals surface area contributed by atoms with Crippen LogP contribution in [0.3, 0.4) is 0 Å². The zero-order valence-corrected chi connectivity index (χ0v) is 18.9. The molecule has 3 aromatic rings. The van der Waals surface area contributed by atoms with E-state index in [1.807, 2.05) is 13.1 Å². The maximum absolute atomic E-state index is 13.0. The number of hydrogen-bond donors (Lipinski definition) is 0. The van der Waals surface area contributed by atoms with Gasteiger partial charge in [-0.05, 0) is 44.0 Å². The molecule has 3 aromatic heterocycles. The normalized spacial score (nSPS) is 18.1. The van der Waals surface area contributed by atoms with Crippen LogP contribution in [0.15, 0.2) is 29.2 Å². The largest absolute Gasteiger partial charge is 0.372 e. The van der Waals surface area contributed by atoms with Crippen LogP contribution in [0.4, 0.5) is 20.3 Å². The quantitative estimate of drug-likeness (QED) is 0.600. The summed E-state index contributed by atoms with van der Waals surface area (Å²) < 4.78 is 33.0. The van der Waals surface area contributed by atoms with Crippen LogP contribution in [0, 0.1) is 6.92 Å². The average molecular weight is 456 g/mol. The first-order chi connectivity index (χ1) is 15.7. The van der Waals surface area contributed by atoms with E-state index in [9.17, 15) is 13.6 Å². The van der Waals surface area contributed by atoms with Crippen molar-refractivity contribution < 1.29 is 13.5 Å². The fraction of sp³-hybridized carbons (Fsp3) is 0.478. The summed E-state index contributed by atoms with van der Waals surface area (Å²) in [5.41, 5.74) is 2.77. The summed E-state index contributed by atoms with van der Waals surface area (Å²) in [6, 6.07) is 4.65. The zero-order valence-electron chi connectivity index (χ0n) is 18.9. The fourth-order valence-electron chi connectivity index (χ4n) is 4.57. The van der Waals surface area contributed by atoms with Crippen molar-refractivity contribution in [3.63, 3.8) is 0 Å². The zero-order chi connectivity index (χ0) is 23.3. The molecule has 1 fully saturated rings. The Morgan fingerprint density at radius 2 is 1.97 bits per heavy atom. The van der Waals surface area contributed by atoms with E-state index >= 15 is 0 Å². The molecule has 0 N–H and O–H groups in total. The second-order valence-corrected chi connectivity index (χ2v) is 9.24. The molecule has 33 heavy (non-hydrogen) atoms. The van der Waals surface area contributed by atoms with E-state index in [-0.39, 0.29) is 11.2 Å². The van der Waals surface area contributed by atoms with Gasteiger partial charge in [-0.3, -0.25) is 9.78 Å². The number of nitrogens with zero attached hydrogens (tertiary/aromatic N) is 6. The lowest BCUT2D eigenvalue weighted by molar-refractivity contribution is -0.0277. The van der Waals surface area contributed by atoms with Crippen molar-refractivity contribution in [1.82, 2.24) is 19.6 Å². The lowest BCUT2D eigenvalue weighted by Crippen LogP contribution is -2.48. The number of halogens is 2. The highest BCUT2D eigenvalue weighted by molar-refractivity contribution is 5.56. The van der Waals surface area contributed by atoms with Crippen molar-refractivity contribution in [2.75, 3.05) is 36.0 Å². The van der Waals surface area contributed by atoms with E-state index < -0.39 is 17.7 Å². The van der Waals surface area contributed by atoms with Crippen molar-refractivity contribution in [2.45, 2.75) is 45.8 Å². The van der Waals surface area contributed by atoms with Crippen molar-refractivity contribution >= 4 is 17.2 Å². The minimum atomic E-state index is -2.81. The average Bonchev–Trinajstić information content (AvgIpc) is 2.77. The van der Waals surface area contributed by atoms with Gasteiger partial charge in [0.05, 0.1) is 24.1 Å². The van der Waals surface area contributed by atoms with Crippen molar-refractivity contribution in [1.29, 1.82) is 0 Å². The molecule has 0 bridgehead atoms. The van der Waals surface area contributed by atoms with Gasteiger partial charge in [-0.15, -0.1) is 5.10 Å². The first kappa shape index (κ1) is 21.7. The molecule has 0 atom stereocenters. The molecular weight excluding hydrogens is 430 g/mol. The smallest absolute Gasteiger partial charge is 0.280 e. The molecule has 0 aromatic carbocycles. The molecule has 2 aliphatic rings. The third-order valence-electron chi connectivity index (χ3n) is 6.17. The van der Waals surface area contributed by atoms with Crippen molar-refractivity contribution in [2.24, 2.45) is 0 Å². The van der Waals surface area contributed by atoms with Crippen LogP contribution in [-0.4, -0.2) is 51.4 Å². The molecule has 0 amide bonds. The molecule has 0 aliphatic carbocycles. The van der Waals surface area contributed by atoms with Gasteiger partial charge in [0.25, 0.3) is 12.0 Å². The Kier molecular flexibility index (Phi) is 5.27. The van der Waals surface area contributed by atoms with Crippen LogP contribution in [0.25, 0.3) is 5.65 Å². The maximum atomic E-state index is 13.0. The van der Waals surface area contributed by atoms with Crippen LogP contribution in [0.5, 0.6) is 0 Å². The van der Waals surface area contributed by atoms with Gasteiger partial charge in [0.2, 0.25) is 0 Å². The molecule has 8 nitrogen and oxygen atoms in total. The third kappa shape index (κ3) is 4.15. The topological polar surface area (TPSA) is 75.9 Å². The Labute approximate surface area is 189 Å². The van der Waals surface area contributed by atoms with Gasteiger partial charge >= 0.3 is 0 Å². The molecule has 5 rings (SSSR count). The number of alkyl halides is 2. The van der Waals surface area contributed by atoms with Gasteiger partial charge in [-0.25, -0.2) is 13.8 Å². The van der Waals surface area contributed by atoms with Crippen LogP contribution in [0.2, 0.25) is 0 Å². The number of morpholine rings is 1. The van der Waals surface area contributed by atoms with Gasteiger partial charge in [0.15, 0.2) is 11.5 Å². The van der Waals surface area contributed by atoms with Gasteiger partial charge in [-0.2, -0.15) is 4.52 Å². The molecule has 10 heteroatoms. The Morgan fingerprint density at radius 1 is 1.15 bits per heavy atom. The van der Waals surface area contributed by atoms with Crippen LogP contribution >= 0.6 is 0 Å². The molecule has 0 saturated carbocycles. The fourth-order valence-corrected chi connectivity index (χ4v) is 4.57. The number of rotatable bonds is 3. The van der Waals surface area contributed by atoms with Crippen LogP contribution in [-0.2, 0) is 17.7 Å². The molecule has 2 aliphatic heterocycles. The predicted octanol–water partition coefficient (Wildman–Crippen LogP) is 2.91. The van der Waals surface area contributed by atoms with E-state index in [4.69, 9.17) is 9.72 Å². The standard InChI is InChI=1S/C23H26F2N6O2/c1-14-8-19-27-18(21(24)25)10-20(32)31(19)28-22(14)29-5-4-17-15(12-29)9-16(11-26-17)30-6-7-33-23(2,3)13-30/h8-11,21H,4-7,12-13H2,1-3H3. The second-order valence-electron chi connectivity index (χ2n) is 9.24. The third-order valence-corrected chi connectivity index (χ3v) is 6.17. The number of ether oxygens (including phenoxy) is 1. The van der Waals surface area contributed by atoms with E-state index in [1.54, 1.807) is 6.07 Å². The lowest BCUT2D eigenvalue weighted by Gasteiger charge is -2.40. The minimum Gasteiger partial charge on any atom is -0.372 e. The van der Waals surface area contributed by atoms with Crippen LogP contribution < -0.4 is 15.4 Å². The highest BCUT2D eigenvalue weighted by Gasteiger charge is 2.29. The number of aromatic nitrogens is 4. The highest BCUT2D eigenvalue weighted by atomic mass is 19.3. The summed E-state index contributed by atoms with van der Waals surface area (Å²) >= 11 is 0. The summed E-state index contributed by atoms with van der Waals surface area (Å²) in [5.74, 6) is 0.639. The summed E-state index contributed by atoms with van der Waals surface area (Å²) in [4.78, 5) is 25.4. The number of anilines is 2. The number of pyridine rings is 1. The molecule has 5 heterocycles. The first-order valence-corrected chi connectivity index (χ1v) is 11.0. The Bertz CT molecular complexity index is 1280. The summed E-state index contributed by atoms with van der Waals surface area (Å²) in [5, 5.41) is 4.48. The van der Waals surface area contributed by atoms with Gasteiger partial charge in [0, 0.05) is 44.4 Å². The second kappa shape index (κ2) is 8.02. The van der Waals surface area contributed by atoms with E-state index in [1.165, 1.54) is 0 Å². The highest BCUT2D eigenvalue weighted by Crippen LogP contribution is 2.29. The molecular formula is C23H26F2N6O2. The Balaban J connectivity index is 1.46. The molecule has 0 unspecified atom stereocenters. The first-order valence-electron chi connectivity index (χ1n) is 11.0. The summed E-state index contributed by atoms with van der Waals surface area (Å²) in [7, 11) is 0. The van der Waals surface area contributed by atoms with E-state index in [0.717, 1.165) is 52.6 Å². The monoisotopic (exact) mass is 456 g/mol. The SMILES string of the molecule is Cc1cc2nc(C(F)F)cc(=O)n2nc1N1CCc2ncc(N3CCOC(C)(C)C3)cc2C1. The minimum absolute atomic E-state index is 0.121. The van der Waals surface area contributed by atoms with Crippen LogP contribution in [0.1, 0.15) is 42.8 Å².